The number of ether oxygens (including phenoxy) is 1. The number of hydrogen-bond acceptors (Lipinski definition) is 5. The zero-order chi connectivity index (χ0) is 23.8. The summed E-state index contributed by atoms with van der Waals surface area (Å²) in [6, 6.07) is 11.6. The summed E-state index contributed by atoms with van der Waals surface area (Å²) in [7, 11) is 0. The van der Waals surface area contributed by atoms with Gasteiger partial charge in [-0.25, -0.2) is 0 Å². The molecule has 6 heteroatoms. The van der Waals surface area contributed by atoms with E-state index >= 15 is 0 Å². The molecule has 3 rings (SSSR count). The van der Waals surface area contributed by atoms with Gasteiger partial charge in [-0.1, -0.05) is 78.0 Å². The topological polar surface area (TPSA) is 84.0 Å². The van der Waals surface area contributed by atoms with Gasteiger partial charge in [0.25, 0.3) is 0 Å². The van der Waals surface area contributed by atoms with Gasteiger partial charge in [0.2, 0.25) is 0 Å². The van der Waals surface area contributed by atoms with Crippen LogP contribution in [0, 0.1) is 5.41 Å². The lowest BCUT2D eigenvalue weighted by Gasteiger charge is -2.23. The maximum Gasteiger partial charge on any atom is 0.180 e. The van der Waals surface area contributed by atoms with Crippen molar-refractivity contribution in [3.63, 3.8) is 0 Å². The molecule has 0 aliphatic carbocycles. The fourth-order valence-electron chi connectivity index (χ4n) is 3.92. The van der Waals surface area contributed by atoms with Crippen molar-refractivity contribution in [2.75, 3.05) is 6.61 Å². The summed E-state index contributed by atoms with van der Waals surface area (Å²) < 4.78 is 5.65. The van der Waals surface area contributed by atoms with Crippen LogP contribution in [0.3, 0.4) is 0 Å². The summed E-state index contributed by atoms with van der Waals surface area (Å²) in [5, 5.41) is 28.4. The fraction of sp³-hybridized carbons (Fsp3) is 0.519. The van der Waals surface area contributed by atoms with Gasteiger partial charge in [0, 0.05) is 12.0 Å². The van der Waals surface area contributed by atoms with Gasteiger partial charge in [-0.05, 0) is 42.0 Å². The quantitative estimate of drug-likeness (QED) is 0.193. The highest BCUT2D eigenvalue weighted by molar-refractivity contribution is 5.74. The van der Waals surface area contributed by atoms with Crippen molar-refractivity contribution in [3.05, 3.63) is 47.5 Å². The lowest BCUT2D eigenvalue weighted by atomic mass is 9.84. The van der Waals surface area contributed by atoms with Gasteiger partial charge in [0.15, 0.2) is 5.90 Å². The van der Waals surface area contributed by atoms with Crippen LogP contribution in [0.5, 0.6) is 5.75 Å². The Morgan fingerprint density at radius 3 is 2.27 bits per heavy atom. The van der Waals surface area contributed by atoms with Crippen LogP contribution in [-0.4, -0.2) is 32.6 Å². The first-order valence-electron chi connectivity index (χ1n) is 12.2. The summed E-state index contributed by atoms with van der Waals surface area (Å²) in [6.07, 6.45) is 8.43. The summed E-state index contributed by atoms with van der Waals surface area (Å²) in [4.78, 5) is 1.51. The Labute approximate surface area is 197 Å². The molecule has 0 bridgehead atoms. The minimum Gasteiger partial charge on any atom is -0.505 e. The minimum absolute atomic E-state index is 0.195. The average Bonchev–Trinajstić information content (AvgIpc) is 3.21. The number of aryl methyl sites for hydroxylation is 1. The molecule has 33 heavy (non-hydrogen) atoms. The molecule has 0 unspecified atom stereocenters. The zero-order valence-corrected chi connectivity index (χ0v) is 20.5. The van der Waals surface area contributed by atoms with E-state index in [2.05, 4.69) is 37.9 Å². The van der Waals surface area contributed by atoms with Crippen molar-refractivity contribution >= 4 is 16.9 Å². The van der Waals surface area contributed by atoms with Crippen LogP contribution < -0.4 is 0 Å². The number of aromatic hydroxyl groups is 1. The van der Waals surface area contributed by atoms with E-state index in [1.165, 1.54) is 30.5 Å². The number of phenols is 1. The number of nitrogens with zero attached hydrogens (tertiary/aromatic N) is 3. The van der Waals surface area contributed by atoms with Crippen LogP contribution >= 0.6 is 0 Å². The van der Waals surface area contributed by atoms with Crippen LogP contribution in [0.2, 0.25) is 0 Å². The second kappa shape index (κ2) is 11.3. The van der Waals surface area contributed by atoms with E-state index < -0.39 is 0 Å². The molecule has 0 amide bonds. The number of benzene rings is 2. The normalized spacial score (nSPS) is 11.8. The first-order valence-corrected chi connectivity index (χ1v) is 12.2. The molecule has 0 aliphatic heterocycles. The van der Waals surface area contributed by atoms with E-state index in [0.717, 1.165) is 35.0 Å². The van der Waals surface area contributed by atoms with Gasteiger partial charge in [-0.3, -0.25) is 5.41 Å². The van der Waals surface area contributed by atoms with Crippen molar-refractivity contribution in [1.82, 2.24) is 15.0 Å². The first-order chi connectivity index (χ1) is 15.8. The number of phenolic OH excluding ortho intramolecular Hbond substituents is 1. The Kier molecular flexibility index (Phi) is 8.48. The molecule has 3 aromatic rings. The monoisotopic (exact) mass is 450 g/mol. The van der Waals surface area contributed by atoms with Crippen molar-refractivity contribution in [2.24, 2.45) is 0 Å². The number of nitrogens with one attached hydrogen (secondary N) is 1. The molecular weight excluding hydrogens is 412 g/mol. The van der Waals surface area contributed by atoms with Gasteiger partial charge in [-0.15, -0.1) is 15.0 Å². The number of fused-ring (bicyclic) bond motifs is 1. The van der Waals surface area contributed by atoms with Crippen molar-refractivity contribution in [1.29, 1.82) is 5.41 Å². The predicted molar refractivity (Wildman–Crippen MR) is 135 cm³/mol. The zero-order valence-electron chi connectivity index (χ0n) is 20.5. The Balaban J connectivity index is 1.69. The molecule has 0 radical (unpaired) electrons. The maximum absolute atomic E-state index is 11.1. The van der Waals surface area contributed by atoms with E-state index in [1.54, 1.807) is 0 Å². The standard InChI is InChI=1S/C27H38N4O2/c1-5-6-7-8-9-12-17-33-25(28)16-15-20-18-21(27(2,3)4)26(32)24(19-20)31-29-22-13-10-11-14-23(22)30-31/h10-11,13-14,18-19,28,32H,5-9,12,15-17H2,1-4H3. The number of aromatic nitrogens is 3. The first kappa shape index (κ1) is 24.7. The minimum atomic E-state index is -0.247. The Morgan fingerprint density at radius 2 is 1.64 bits per heavy atom. The van der Waals surface area contributed by atoms with E-state index in [4.69, 9.17) is 10.1 Å². The Hall–Kier alpha value is -2.89. The van der Waals surface area contributed by atoms with E-state index in [-0.39, 0.29) is 11.2 Å². The van der Waals surface area contributed by atoms with Gasteiger partial charge in [-0.2, -0.15) is 0 Å². The average molecular weight is 451 g/mol. The van der Waals surface area contributed by atoms with Crippen molar-refractivity contribution < 1.29 is 9.84 Å². The third-order valence-corrected chi connectivity index (χ3v) is 5.87. The molecule has 0 saturated heterocycles. The Morgan fingerprint density at radius 1 is 1.00 bits per heavy atom. The molecule has 0 atom stereocenters. The summed E-state index contributed by atoms with van der Waals surface area (Å²) in [6.45, 7) is 9.07. The smallest absolute Gasteiger partial charge is 0.180 e. The second-order valence-electron chi connectivity index (χ2n) is 9.78. The van der Waals surface area contributed by atoms with Crippen LogP contribution in [0.25, 0.3) is 16.7 Å². The molecule has 1 heterocycles. The molecular formula is C27H38N4O2. The molecule has 178 valence electrons. The highest BCUT2D eigenvalue weighted by Crippen LogP contribution is 2.36. The van der Waals surface area contributed by atoms with Crippen LogP contribution in [-0.2, 0) is 16.6 Å². The van der Waals surface area contributed by atoms with Gasteiger partial charge in [0.05, 0.1) is 6.61 Å². The van der Waals surface area contributed by atoms with Crippen molar-refractivity contribution in [3.8, 4) is 11.4 Å². The molecule has 6 nitrogen and oxygen atoms in total. The molecule has 0 spiro atoms. The molecule has 0 saturated carbocycles. The molecule has 0 aliphatic rings. The number of rotatable bonds is 11. The molecule has 2 aromatic carbocycles. The van der Waals surface area contributed by atoms with Gasteiger partial charge >= 0.3 is 0 Å². The van der Waals surface area contributed by atoms with Crippen LogP contribution in [0.15, 0.2) is 36.4 Å². The van der Waals surface area contributed by atoms with Crippen LogP contribution in [0.1, 0.15) is 83.8 Å². The third kappa shape index (κ3) is 6.80. The maximum atomic E-state index is 11.1. The fourth-order valence-corrected chi connectivity index (χ4v) is 3.92. The van der Waals surface area contributed by atoms with Gasteiger partial charge < -0.3 is 9.84 Å². The number of hydrogen-bond donors (Lipinski definition) is 2. The predicted octanol–water partition coefficient (Wildman–Crippen LogP) is 6.71. The van der Waals surface area contributed by atoms with E-state index in [1.807, 2.05) is 36.4 Å². The molecule has 0 fully saturated rings. The van der Waals surface area contributed by atoms with Crippen LogP contribution in [0.4, 0.5) is 0 Å². The summed E-state index contributed by atoms with van der Waals surface area (Å²) in [5.74, 6) is 0.513. The molecule has 1 aromatic heterocycles. The largest absolute Gasteiger partial charge is 0.505 e. The second-order valence-corrected chi connectivity index (χ2v) is 9.78. The van der Waals surface area contributed by atoms with E-state index in [9.17, 15) is 5.11 Å². The number of unbranched alkanes of at least 4 members (excludes halogenated alkanes) is 5. The molecule has 2 N–H and O–H groups in total. The van der Waals surface area contributed by atoms with Crippen molar-refractivity contribution in [2.45, 2.75) is 84.5 Å². The highest BCUT2D eigenvalue weighted by atomic mass is 16.5. The summed E-state index contributed by atoms with van der Waals surface area (Å²) in [5.41, 5.74) is 3.75. The lowest BCUT2D eigenvalue weighted by Crippen LogP contribution is -2.14. The Bertz CT molecular complexity index is 1030. The lowest BCUT2D eigenvalue weighted by molar-refractivity contribution is 0.281. The van der Waals surface area contributed by atoms with Gasteiger partial charge in [0.1, 0.15) is 22.5 Å². The van der Waals surface area contributed by atoms with E-state index in [0.29, 0.717) is 31.0 Å². The highest BCUT2D eigenvalue weighted by Gasteiger charge is 2.23. The summed E-state index contributed by atoms with van der Waals surface area (Å²) >= 11 is 0. The third-order valence-electron chi connectivity index (χ3n) is 5.87. The SMILES string of the molecule is CCCCCCCCOC(=N)CCc1cc(-n2nc3ccccc3n2)c(O)c(C(C)(C)C)c1.